The van der Waals surface area contributed by atoms with E-state index in [9.17, 15) is 0 Å². The van der Waals surface area contributed by atoms with Gasteiger partial charge >= 0.3 is 0 Å². The van der Waals surface area contributed by atoms with Gasteiger partial charge in [-0.2, -0.15) is 0 Å². The van der Waals surface area contributed by atoms with Gasteiger partial charge in [-0.15, -0.1) is 0 Å². The third-order valence-electron chi connectivity index (χ3n) is 2.43. The Bertz CT molecular complexity index is 284. The topological polar surface area (TPSA) is 46.2 Å². The number of anilines is 1. The Morgan fingerprint density at radius 3 is 2.64 bits per heavy atom. The van der Waals surface area contributed by atoms with Crippen molar-refractivity contribution in [3.8, 4) is 5.75 Å². The lowest BCUT2D eigenvalue weighted by Crippen LogP contribution is -1.94. The first-order valence-electron chi connectivity index (χ1n) is 5.31. The molecule has 78 valence electrons. The van der Waals surface area contributed by atoms with Crippen LogP contribution in [0.4, 0.5) is 5.69 Å². The third-order valence-corrected chi connectivity index (χ3v) is 2.43. The van der Waals surface area contributed by atoms with Gasteiger partial charge in [-0.1, -0.05) is 32.3 Å². The lowest BCUT2D eigenvalue weighted by atomic mass is 10.0. The monoisotopic (exact) mass is 193 g/mol. The van der Waals surface area contributed by atoms with Crippen LogP contribution in [0.15, 0.2) is 18.2 Å². The van der Waals surface area contributed by atoms with Crippen LogP contribution in [0.25, 0.3) is 0 Å². The number of nitrogen functional groups attached to an aromatic ring is 1. The molecule has 0 aromatic heterocycles. The minimum Gasteiger partial charge on any atom is -0.508 e. The highest BCUT2D eigenvalue weighted by Crippen LogP contribution is 2.20. The Morgan fingerprint density at radius 2 is 2.00 bits per heavy atom. The predicted octanol–water partition coefficient (Wildman–Crippen LogP) is 3.10. The second-order valence-corrected chi connectivity index (χ2v) is 3.69. The molecule has 14 heavy (non-hydrogen) atoms. The quantitative estimate of drug-likeness (QED) is 0.557. The molecule has 1 rings (SSSR count). The molecule has 0 saturated carbocycles. The average Bonchev–Trinajstić information content (AvgIpc) is 2.15. The van der Waals surface area contributed by atoms with E-state index < -0.39 is 0 Å². The van der Waals surface area contributed by atoms with Crippen molar-refractivity contribution in [3.05, 3.63) is 23.8 Å². The largest absolute Gasteiger partial charge is 0.508 e. The molecule has 0 unspecified atom stereocenters. The number of hydrogen-bond acceptors (Lipinski definition) is 2. The third kappa shape index (κ3) is 3.29. The van der Waals surface area contributed by atoms with E-state index >= 15 is 0 Å². The van der Waals surface area contributed by atoms with E-state index in [2.05, 4.69) is 6.92 Å². The highest BCUT2D eigenvalue weighted by molar-refractivity contribution is 5.50. The summed E-state index contributed by atoms with van der Waals surface area (Å²) in [6.45, 7) is 2.20. The molecule has 1 aromatic carbocycles. The van der Waals surface area contributed by atoms with Crippen molar-refractivity contribution < 1.29 is 5.11 Å². The predicted molar refractivity (Wildman–Crippen MR) is 60.4 cm³/mol. The lowest BCUT2D eigenvalue weighted by Gasteiger charge is -2.05. The molecule has 0 amide bonds. The Hall–Kier alpha value is -1.18. The summed E-state index contributed by atoms with van der Waals surface area (Å²) in [5, 5.41) is 9.17. The molecular weight excluding hydrogens is 174 g/mol. The van der Waals surface area contributed by atoms with E-state index in [4.69, 9.17) is 10.8 Å². The van der Waals surface area contributed by atoms with E-state index in [0.717, 1.165) is 12.0 Å². The molecular formula is C12H19NO. The summed E-state index contributed by atoms with van der Waals surface area (Å²) in [4.78, 5) is 0. The van der Waals surface area contributed by atoms with Gasteiger partial charge in [-0.25, -0.2) is 0 Å². The van der Waals surface area contributed by atoms with Crippen molar-refractivity contribution in [2.24, 2.45) is 0 Å². The van der Waals surface area contributed by atoms with Gasteiger partial charge in [0.15, 0.2) is 0 Å². The average molecular weight is 193 g/mol. The summed E-state index contributed by atoms with van der Waals surface area (Å²) in [7, 11) is 0. The van der Waals surface area contributed by atoms with Crippen molar-refractivity contribution in [1.29, 1.82) is 0 Å². The maximum atomic E-state index is 9.17. The fourth-order valence-corrected chi connectivity index (χ4v) is 1.55. The normalized spacial score (nSPS) is 10.4. The van der Waals surface area contributed by atoms with Crippen LogP contribution >= 0.6 is 0 Å². The zero-order valence-corrected chi connectivity index (χ0v) is 8.79. The van der Waals surface area contributed by atoms with E-state index in [0.29, 0.717) is 5.69 Å². The van der Waals surface area contributed by atoms with Crippen LogP contribution in [-0.4, -0.2) is 5.11 Å². The summed E-state index contributed by atoms with van der Waals surface area (Å²) < 4.78 is 0. The van der Waals surface area contributed by atoms with Gasteiger partial charge in [0.25, 0.3) is 0 Å². The molecule has 0 fully saturated rings. The Labute approximate surface area is 85.8 Å². The summed E-state index contributed by atoms with van der Waals surface area (Å²) >= 11 is 0. The molecule has 2 nitrogen and oxygen atoms in total. The first-order valence-corrected chi connectivity index (χ1v) is 5.31. The fourth-order valence-electron chi connectivity index (χ4n) is 1.55. The number of aromatic hydroxyl groups is 1. The number of hydrogen-bond donors (Lipinski definition) is 2. The molecule has 0 atom stereocenters. The standard InChI is InChI=1S/C12H19NO/c1-2-3-4-5-6-10-7-8-11(14)9-12(10)13/h7-9,14H,2-6,13H2,1H3. The SMILES string of the molecule is CCCCCCc1ccc(O)cc1N. The maximum Gasteiger partial charge on any atom is 0.117 e. The van der Waals surface area contributed by atoms with Gasteiger partial charge in [0.05, 0.1) is 0 Å². The summed E-state index contributed by atoms with van der Waals surface area (Å²) in [5.41, 5.74) is 7.64. The van der Waals surface area contributed by atoms with Crippen molar-refractivity contribution in [2.45, 2.75) is 39.0 Å². The summed E-state index contributed by atoms with van der Waals surface area (Å²) in [6.07, 6.45) is 6.01. The zero-order chi connectivity index (χ0) is 10.4. The van der Waals surface area contributed by atoms with Crippen molar-refractivity contribution in [1.82, 2.24) is 0 Å². The minimum absolute atomic E-state index is 0.250. The lowest BCUT2D eigenvalue weighted by molar-refractivity contribution is 0.475. The Kier molecular flexibility index (Phi) is 4.30. The molecule has 3 N–H and O–H groups in total. The van der Waals surface area contributed by atoms with Crippen LogP contribution in [0.1, 0.15) is 38.2 Å². The van der Waals surface area contributed by atoms with Crippen molar-refractivity contribution in [3.63, 3.8) is 0 Å². The molecule has 0 spiro atoms. The van der Waals surface area contributed by atoms with Crippen molar-refractivity contribution in [2.75, 3.05) is 5.73 Å². The second kappa shape index (κ2) is 5.53. The van der Waals surface area contributed by atoms with Crippen LogP contribution in [0.3, 0.4) is 0 Å². The number of aryl methyl sites for hydroxylation is 1. The molecule has 0 heterocycles. The Balaban J connectivity index is 2.42. The zero-order valence-electron chi connectivity index (χ0n) is 8.79. The van der Waals surface area contributed by atoms with Gasteiger partial charge in [0.2, 0.25) is 0 Å². The number of phenolic OH excluding ortho intramolecular Hbond substituents is 1. The van der Waals surface area contributed by atoms with Crippen LogP contribution < -0.4 is 5.73 Å². The summed E-state index contributed by atoms with van der Waals surface area (Å²) in [6, 6.07) is 5.23. The number of phenols is 1. The van der Waals surface area contributed by atoms with E-state index in [1.165, 1.54) is 25.7 Å². The minimum atomic E-state index is 0.250. The van der Waals surface area contributed by atoms with Crippen LogP contribution in [0.5, 0.6) is 5.75 Å². The Morgan fingerprint density at radius 1 is 1.21 bits per heavy atom. The van der Waals surface area contributed by atoms with E-state index in [-0.39, 0.29) is 5.75 Å². The van der Waals surface area contributed by atoms with Gasteiger partial charge in [0.1, 0.15) is 5.75 Å². The molecule has 0 aliphatic heterocycles. The highest BCUT2D eigenvalue weighted by atomic mass is 16.3. The number of rotatable bonds is 5. The fraction of sp³-hybridized carbons (Fsp3) is 0.500. The van der Waals surface area contributed by atoms with Crippen LogP contribution in [0.2, 0.25) is 0 Å². The molecule has 2 heteroatoms. The highest BCUT2D eigenvalue weighted by Gasteiger charge is 1.99. The number of nitrogens with two attached hydrogens (primary N) is 1. The molecule has 0 saturated heterocycles. The maximum absolute atomic E-state index is 9.17. The van der Waals surface area contributed by atoms with Gasteiger partial charge < -0.3 is 10.8 Å². The van der Waals surface area contributed by atoms with Gasteiger partial charge in [-0.05, 0) is 24.5 Å². The second-order valence-electron chi connectivity index (χ2n) is 3.69. The van der Waals surface area contributed by atoms with Crippen LogP contribution in [-0.2, 0) is 6.42 Å². The number of benzene rings is 1. The molecule has 0 aliphatic carbocycles. The summed E-state index contributed by atoms with van der Waals surface area (Å²) in [5.74, 6) is 0.250. The molecule has 0 bridgehead atoms. The molecule has 0 radical (unpaired) electrons. The van der Waals surface area contributed by atoms with Crippen molar-refractivity contribution >= 4 is 5.69 Å². The first kappa shape index (κ1) is 10.9. The van der Waals surface area contributed by atoms with Gasteiger partial charge in [-0.3, -0.25) is 0 Å². The first-order chi connectivity index (χ1) is 6.74. The smallest absolute Gasteiger partial charge is 0.117 e. The number of unbranched alkanes of at least 4 members (excludes halogenated alkanes) is 3. The molecule has 1 aromatic rings. The van der Waals surface area contributed by atoms with Crippen LogP contribution in [0, 0.1) is 0 Å². The van der Waals surface area contributed by atoms with E-state index in [1.54, 1.807) is 12.1 Å². The van der Waals surface area contributed by atoms with Gasteiger partial charge in [0, 0.05) is 11.8 Å². The molecule has 0 aliphatic rings. The van der Waals surface area contributed by atoms with E-state index in [1.807, 2.05) is 6.07 Å².